The predicted molar refractivity (Wildman–Crippen MR) is 128 cm³/mol. The fourth-order valence-electron chi connectivity index (χ4n) is 4.97. The minimum Gasteiger partial charge on any atom is -0.367 e. The van der Waals surface area contributed by atoms with Crippen LogP contribution in [0.25, 0.3) is 5.69 Å². The molecule has 4 rings (SSSR count). The summed E-state index contributed by atoms with van der Waals surface area (Å²) in [5.74, 6) is -0.0716. The van der Waals surface area contributed by atoms with Gasteiger partial charge < -0.3 is 15.5 Å². The Balaban J connectivity index is 1.47. The number of aliphatic imine (C=N–C) groups is 1. The Morgan fingerprint density at radius 3 is 2.61 bits per heavy atom. The Morgan fingerprint density at radius 1 is 1.24 bits per heavy atom. The van der Waals surface area contributed by atoms with Crippen molar-refractivity contribution in [3.63, 3.8) is 0 Å². The highest BCUT2D eigenvalue weighted by molar-refractivity contribution is 6.45. The van der Waals surface area contributed by atoms with Gasteiger partial charge in [0.25, 0.3) is 5.91 Å². The molecule has 1 fully saturated rings. The second kappa shape index (κ2) is 9.37. The summed E-state index contributed by atoms with van der Waals surface area (Å²) in [6.45, 7) is 6.07. The first kappa shape index (κ1) is 23.0. The van der Waals surface area contributed by atoms with Crippen LogP contribution in [0.4, 0.5) is 4.39 Å². The molecule has 0 radical (unpaired) electrons. The number of aromatic nitrogens is 2. The highest BCUT2D eigenvalue weighted by Crippen LogP contribution is 2.34. The third-order valence-corrected chi connectivity index (χ3v) is 6.80. The lowest BCUT2D eigenvalue weighted by Gasteiger charge is -2.29. The number of halogens is 1. The number of allylic oxidation sites excluding steroid dienone is 1. The zero-order valence-corrected chi connectivity index (χ0v) is 20.1. The molecule has 1 saturated carbocycles. The fraction of sp³-hybridized carbons (Fsp3) is 0.480. The molecule has 2 aliphatic rings. The molecule has 0 spiro atoms. The van der Waals surface area contributed by atoms with E-state index >= 15 is 0 Å². The molecular formula is C25H33FN6O. The second-order valence-electron chi connectivity index (χ2n) is 9.13. The van der Waals surface area contributed by atoms with Crippen molar-refractivity contribution < 1.29 is 9.18 Å². The Bertz CT molecular complexity index is 1090. The van der Waals surface area contributed by atoms with Gasteiger partial charge >= 0.3 is 0 Å². The van der Waals surface area contributed by atoms with Crippen LogP contribution in [0, 0.1) is 25.6 Å². The number of hydrogen-bond donors (Lipinski definition) is 2. The van der Waals surface area contributed by atoms with E-state index in [1.54, 1.807) is 11.7 Å². The Morgan fingerprint density at radius 2 is 1.97 bits per heavy atom. The van der Waals surface area contributed by atoms with Crippen LogP contribution in [0.2, 0.25) is 0 Å². The van der Waals surface area contributed by atoms with Crippen molar-refractivity contribution in [2.75, 3.05) is 14.1 Å². The maximum Gasteiger partial charge on any atom is 0.271 e. The van der Waals surface area contributed by atoms with Crippen molar-refractivity contribution in [1.29, 1.82) is 0 Å². The summed E-state index contributed by atoms with van der Waals surface area (Å²) in [4.78, 5) is 19.6. The summed E-state index contributed by atoms with van der Waals surface area (Å²) < 4.78 is 16.0. The minimum atomic E-state index is -0.371. The van der Waals surface area contributed by atoms with Crippen LogP contribution in [0.3, 0.4) is 0 Å². The molecule has 1 aliphatic heterocycles. The zero-order valence-electron chi connectivity index (χ0n) is 20.1. The number of benzene rings is 1. The molecule has 8 heteroatoms. The molecule has 1 aromatic heterocycles. The molecule has 33 heavy (non-hydrogen) atoms. The zero-order chi connectivity index (χ0) is 23.7. The molecule has 1 aliphatic carbocycles. The monoisotopic (exact) mass is 452 g/mol. The van der Waals surface area contributed by atoms with Gasteiger partial charge in [0.2, 0.25) is 0 Å². The van der Waals surface area contributed by atoms with Crippen LogP contribution in [0.1, 0.15) is 49.4 Å². The SMILES string of the molecule is C/N=C(/C(=O)NCc1cc(F)cc(-n2cc(C)c(C)n2)c1)C1=C(C)NC(C2CCCC2)N1C. The lowest BCUT2D eigenvalue weighted by molar-refractivity contribution is -0.115. The lowest BCUT2D eigenvalue weighted by atomic mass is 10.0. The number of aryl methyl sites for hydroxylation is 2. The summed E-state index contributed by atoms with van der Waals surface area (Å²) in [6, 6.07) is 4.70. The lowest BCUT2D eigenvalue weighted by Crippen LogP contribution is -2.43. The number of nitrogens with zero attached hydrogens (tertiary/aromatic N) is 4. The summed E-state index contributed by atoms with van der Waals surface area (Å²) >= 11 is 0. The van der Waals surface area contributed by atoms with Gasteiger partial charge in [-0.3, -0.25) is 9.79 Å². The van der Waals surface area contributed by atoms with Gasteiger partial charge in [-0.15, -0.1) is 0 Å². The van der Waals surface area contributed by atoms with Gasteiger partial charge in [0.05, 0.1) is 17.1 Å². The van der Waals surface area contributed by atoms with Crippen LogP contribution in [0.15, 0.2) is 40.8 Å². The van der Waals surface area contributed by atoms with E-state index in [-0.39, 0.29) is 24.4 Å². The van der Waals surface area contributed by atoms with Crippen molar-refractivity contribution in [2.45, 2.75) is 59.2 Å². The topological polar surface area (TPSA) is 74.5 Å². The largest absolute Gasteiger partial charge is 0.367 e. The molecule has 0 bridgehead atoms. The van der Waals surface area contributed by atoms with E-state index in [1.807, 2.05) is 40.1 Å². The van der Waals surface area contributed by atoms with Crippen molar-refractivity contribution in [3.8, 4) is 5.69 Å². The van der Waals surface area contributed by atoms with Crippen molar-refractivity contribution in [1.82, 2.24) is 25.3 Å². The van der Waals surface area contributed by atoms with E-state index in [2.05, 4.69) is 25.6 Å². The average molecular weight is 453 g/mol. The van der Waals surface area contributed by atoms with E-state index in [9.17, 15) is 9.18 Å². The second-order valence-corrected chi connectivity index (χ2v) is 9.13. The third kappa shape index (κ3) is 4.65. The third-order valence-electron chi connectivity index (χ3n) is 6.80. The Kier molecular flexibility index (Phi) is 6.54. The van der Waals surface area contributed by atoms with Crippen LogP contribution in [-0.2, 0) is 11.3 Å². The Labute approximate surface area is 194 Å². The standard InChI is InChI=1S/C25H33FN6O/c1-15-14-32(30-16(15)2)21-11-18(10-20(26)12-21)13-28-25(33)22(27-4)23-17(3)29-24(31(23)5)19-8-6-7-9-19/h10-12,14,19,24,29H,6-9,13H2,1-5H3,(H,28,33)/b27-22+. The van der Waals surface area contributed by atoms with Crippen LogP contribution < -0.4 is 10.6 Å². The number of amides is 1. The molecule has 0 saturated heterocycles. The molecule has 1 unspecified atom stereocenters. The smallest absolute Gasteiger partial charge is 0.271 e. The molecule has 2 N–H and O–H groups in total. The number of carbonyl (C=O) groups is 1. The van der Waals surface area contributed by atoms with Crippen molar-refractivity contribution >= 4 is 11.6 Å². The summed E-state index contributed by atoms with van der Waals surface area (Å²) in [6.07, 6.45) is 6.97. The quantitative estimate of drug-likeness (QED) is 0.657. The van der Waals surface area contributed by atoms with Gasteiger partial charge in [-0.2, -0.15) is 5.10 Å². The van der Waals surface area contributed by atoms with E-state index < -0.39 is 0 Å². The summed E-state index contributed by atoms with van der Waals surface area (Å²) in [7, 11) is 3.65. The molecule has 1 atom stereocenters. The molecular weight excluding hydrogens is 419 g/mol. The van der Waals surface area contributed by atoms with Gasteiger partial charge in [-0.1, -0.05) is 12.8 Å². The van der Waals surface area contributed by atoms with Gasteiger partial charge in [-0.05, 0) is 68.9 Å². The van der Waals surface area contributed by atoms with Crippen LogP contribution >= 0.6 is 0 Å². The highest BCUT2D eigenvalue weighted by atomic mass is 19.1. The van der Waals surface area contributed by atoms with Crippen molar-refractivity contribution in [2.24, 2.45) is 10.9 Å². The van der Waals surface area contributed by atoms with Gasteiger partial charge in [-0.25, -0.2) is 9.07 Å². The van der Waals surface area contributed by atoms with E-state index in [0.717, 1.165) is 22.7 Å². The number of rotatable bonds is 6. The minimum absolute atomic E-state index is 0.192. The first-order valence-electron chi connectivity index (χ1n) is 11.6. The number of hydrogen-bond acceptors (Lipinski definition) is 5. The van der Waals surface area contributed by atoms with E-state index in [4.69, 9.17) is 0 Å². The van der Waals surface area contributed by atoms with Gasteiger partial charge in [0.1, 0.15) is 17.7 Å². The first-order valence-corrected chi connectivity index (χ1v) is 11.6. The summed E-state index contributed by atoms with van der Waals surface area (Å²) in [5.41, 5.74) is 5.39. The van der Waals surface area contributed by atoms with Crippen molar-refractivity contribution in [3.05, 3.63) is 58.4 Å². The summed E-state index contributed by atoms with van der Waals surface area (Å²) in [5, 5.41) is 10.9. The molecule has 1 aromatic carbocycles. The highest BCUT2D eigenvalue weighted by Gasteiger charge is 2.37. The average Bonchev–Trinajstić information content (AvgIpc) is 3.49. The fourth-order valence-corrected chi connectivity index (χ4v) is 4.97. The van der Waals surface area contributed by atoms with Gasteiger partial charge in [0, 0.05) is 32.5 Å². The molecule has 1 amide bonds. The maximum absolute atomic E-state index is 14.3. The molecule has 176 valence electrons. The van der Waals surface area contributed by atoms with Gasteiger partial charge in [0.15, 0.2) is 0 Å². The molecule has 2 heterocycles. The number of carbonyl (C=O) groups excluding carboxylic acids is 1. The Hall–Kier alpha value is -3.16. The molecule has 7 nitrogen and oxygen atoms in total. The number of nitrogens with one attached hydrogen (secondary N) is 2. The molecule has 2 aromatic rings. The normalized spacial score (nSPS) is 19.4. The van der Waals surface area contributed by atoms with E-state index in [1.165, 1.54) is 37.8 Å². The van der Waals surface area contributed by atoms with E-state index in [0.29, 0.717) is 22.9 Å². The predicted octanol–water partition coefficient (Wildman–Crippen LogP) is 3.60. The maximum atomic E-state index is 14.3. The van der Waals surface area contributed by atoms with Crippen LogP contribution in [-0.4, -0.2) is 46.6 Å². The van der Waals surface area contributed by atoms with Crippen LogP contribution in [0.5, 0.6) is 0 Å². The first-order chi connectivity index (χ1) is 15.8.